The number of halogens is 2. The molecule has 0 bridgehead atoms. The maximum atomic E-state index is 17.1. The number of H-pyrrole nitrogens is 1. The Morgan fingerprint density at radius 2 is 1.45 bits per heavy atom. The number of aromatic amines is 1. The van der Waals surface area contributed by atoms with Crippen molar-refractivity contribution in [2.45, 2.75) is 152 Å². The summed E-state index contributed by atoms with van der Waals surface area (Å²) in [6.45, 7) is 10.6. The van der Waals surface area contributed by atoms with E-state index >= 15 is 8.78 Å². The number of rotatable bonds is 16. The summed E-state index contributed by atoms with van der Waals surface area (Å²) < 4.78 is 50.7. The van der Waals surface area contributed by atoms with Crippen LogP contribution in [0.3, 0.4) is 0 Å². The molecule has 2 N–H and O–H groups in total. The number of aromatic nitrogens is 2. The average Bonchev–Trinajstić information content (AvgIpc) is 3.31. The highest BCUT2D eigenvalue weighted by atomic mass is 19.1. The molecule has 7 fully saturated rings. The Kier molecular flexibility index (Phi) is 17.7. The number of hydrogen-bond donors (Lipinski definition) is 2. The third-order valence-electron chi connectivity index (χ3n) is 18.2. The third-order valence-corrected chi connectivity index (χ3v) is 18.2. The average molecular weight is 1150 g/mol. The lowest BCUT2D eigenvalue weighted by Crippen LogP contribution is -2.56. The van der Waals surface area contributed by atoms with Crippen molar-refractivity contribution in [3.05, 3.63) is 111 Å². The normalized spacial score (nSPS) is 22.8. The van der Waals surface area contributed by atoms with E-state index in [1.54, 1.807) is 56.0 Å². The first-order chi connectivity index (χ1) is 40.0. The molecule has 0 spiro atoms. The molecule has 2 saturated carbocycles. The van der Waals surface area contributed by atoms with Crippen LogP contribution >= 0.6 is 0 Å². The fraction of sp³-hybridized carbons (Fsp3) is 0.603. The van der Waals surface area contributed by atoms with Crippen LogP contribution in [0.4, 0.5) is 13.6 Å². The molecule has 446 valence electrons. The second-order valence-corrected chi connectivity index (χ2v) is 25.2. The van der Waals surface area contributed by atoms with Gasteiger partial charge < -0.3 is 33.8 Å². The minimum atomic E-state index is -1.14. The number of ether oxygens (including phenoxy) is 3. The van der Waals surface area contributed by atoms with E-state index in [0.29, 0.717) is 118 Å². The molecule has 83 heavy (non-hydrogen) atoms. The van der Waals surface area contributed by atoms with Crippen LogP contribution in [-0.4, -0.2) is 184 Å². The van der Waals surface area contributed by atoms with Gasteiger partial charge in [-0.3, -0.25) is 39.1 Å². The van der Waals surface area contributed by atoms with Gasteiger partial charge in [0.15, 0.2) is 5.72 Å². The molecule has 11 rings (SSSR count). The highest BCUT2D eigenvalue weighted by Crippen LogP contribution is 2.43. The van der Waals surface area contributed by atoms with Crippen LogP contribution in [0.1, 0.15) is 143 Å². The van der Waals surface area contributed by atoms with E-state index in [0.717, 1.165) is 57.8 Å². The summed E-state index contributed by atoms with van der Waals surface area (Å²) in [6.07, 6.45) is 10.9. The lowest BCUT2D eigenvalue weighted by molar-refractivity contribution is -0.141. The molecule has 5 saturated heterocycles. The van der Waals surface area contributed by atoms with Crippen LogP contribution in [0.5, 0.6) is 0 Å². The van der Waals surface area contributed by atoms with Gasteiger partial charge in [0.2, 0.25) is 17.7 Å². The Morgan fingerprint density at radius 1 is 0.759 bits per heavy atom. The number of hydrogen-bond acceptors (Lipinski definition) is 12. The molecule has 2 unspecified atom stereocenters. The van der Waals surface area contributed by atoms with E-state index in [9.17, 15) is 28.8 Å². The van der Waals surface area contributed by atoms with Crippen molar-refractivity contribution >= 4 is 40.5 Å². The van der Waals surface area contributed by atoms with Crippen LogP contribution in [0.2, 0.25) is 0 Å². The first-order valence-electron chi connectivity index (χ1n) is 30.5. The molecule has 4 aromatic rings. The summed E-state index contributed by atoms with van der Waals surface area (Å²) in [4.78, 5) is 91.9. The summed E-state index contributed by atoms with van der Waals surface area (Å²) in [5, 5.41) is 11.6. The van der Waals surface area contributed by atoms with Crippen LogP contribution in [0, 0.1) is 17.6 Å². The zero-order chi connectivity index (χ0) is 58.0. The van der Waals surface area contributed by atoms with Crippen molar-refractivity contribution in [1.82, 2.24) is 44.9 Å². The molecule has 2 aliphatic carbocycles. The smallest absolute Gasteiger partial charge is 0.411 e. The van der Waals surface area contributed by atoms with Crippen molar-refractivity contribution < 1.29 is 47.0 Å². The number of carbonyl (C=O) groups excluding carboxylic acids is 5. The number of benzene rings is 3. The highest BCUT2D eigenvalue weighted by Gasteiger charge is 2.53. The standard InChI is InChI=1S/C63H81F2N9O9/c1-62(2,3)83-61(80)74(44-19-20-44)39-55(76)73-26-10-13-43(37-73)47-16-9-17-51(56(47)65)63(40-81-63)66-57(42-11-5-4-6-12-42)60(79)71-29-24-46(25-30-71)82-45-22-27-69(28-23-45)38-54(75)70-31-33-72(34-32-70)59(78)50-35-41(18-21-52(50)64)36-53-48-14-7-8-15-49(48)58(77)68-67-53/h7-9,14-18,21,35,42-46,57,66H,4-6,10-13,19-20,22-34,36-40H2,1-3H3,(H,68,77)/t43?,57-,63?/m1/s1. The van der Waals surface area contributed by atoms with Gasteiger partial charge in [-0.25, -0.2) is 18.7 Å². The molecular weight excluding hydrogens is 1060 g/mol. The lowest BCUT2D eigenvalue weighted by atomic mass is 9.82. The van der Waals surface area contributed by atoms with Crippen LogP contribution in [0.15, 0.2) is 65.5 Å². The fourth-order valence-corrected chi connectivity index (χ4v) is 13.3. The summed E-state index contributed by atoms with van der Waals surface area (Å²) >= 11 is 0. The Bertz CT molecular complexity index is 3080. The molecule has 20 heteroatoms. The molecule has 5 aliphatic heterocycles. The van der Waals surface area contributed by atoms with Crippen molar-refractivity contribution in [2.75, 3.05) is 85.1 Å². The molecule has 18 nitrogen and oxygen atoms in total. The number of fused-ring (bicyclic) bond motifs is 1. The van der Waals surface area contributed by atoms with E-state index in [1.807, 2.05) is 43.9 Å². The van der Waals surface area contributed by atoms with Gasteiger partial charge in [0.1, 0.15) is 23.8 Å². The van der Waals surface area contributed by atoms with Gasteiger partial charge in [0, 0.05) is 94.8 Å². The highest BCUT2D eigenvalue weighted by molar-refractivity contribution is 5.95. The zero-order valence-electron chi connectivity index (χ0n) is 48.4. The quantitative estimate of drug-likeness (QED) is 0.109. The Hall–Kier alpha value is -6.35. The summed E-state index contributed by atoms with van der Waals surface area (Å²) in [5.41, 5.74) is 0.0600. The van der Waals surface area contributed by atoms with Crippen molar-refractivity contribution in [1.29, 1.82) is 0 Å². The number of epoxide rings is 1. The molecule has 3 aromatic carbocycles. The number of piperazine rings is 1. The van der Waals surface area contributed by atoms with Gasteiger partial charge in [-0.15, -0.1) is 0 Å². The summed E-state index contributed by atoms with van der Waals surface area (Å²) in [7, 11) is 0. The fourth-order valence-electron chi connectivity index (χ4n) is 13.3. The van der Waals surface area contributed by atoms with Gasteiger partial charge in [0.25, 0.3) is 11.5 Å². The van der Waals surface area contributed by atoms with Gasteiger partial charge in [-0.2, -0.15) is 5.10 Å². The van der Waals surface area contributed by atoms with Crippen LogP contribution < -0.4 is 10.9 Å². The summed E-state index contributed by atoms with van der Waals surface area (Å²) in [6, 6.07) is 16.5. The number of piperidine rings is 3. The number of likely N-dealkylation sites (tertiary alicyclic amines) is 3. The second-order valence-electron chi connectivity index (χ2n) is 25.2. The predicted molar refractivity (Wildman–Crippen MR) is 306 cm³/mol. The first kappa shape index (κ1) is 58.4. The van der Waals surface area contributed by atoms with Crippen molar-refractivity contribution in [3.8, 4) is 0 Å². The van der Waals surface area contributed by atoms with Crippen LogP contribution in [-0.2, 0) is 40.7 Å². The van der Waals surface area contributed by atoms with E-state index in [-0.39, 0.29) is 97.5 Å². The van der Waals surface area contributed by atoms with Gasteiger partial charge in [-0.05, 0) is 120 Å². The monoisotopic (exact) mass is 1150 g/mol. The maximum Gasteiger partial charge on any atom is 0.411 e. The lowest BCUT2D eigenvalue weighted by Gasteiger charge is -2.40. The molecule has 1 aromatic heterocycles. The minimum Gasteiger partial charge on any atom is -0.444 e. The number of amides is 5. The predicted octanol–water partition coefficient (Wildman–Crippen LogP) is 7.08. The van der Waals surface area contributed by atoms with E-state index < -0.39 is 35.2 Å². The molecule has 3 atom stereocenters. The summed E-state index contributed by atoms with van der Waals surface area (Å²) in [5.74, 6) is -1.73. The topological polar surface area (TPSA) is 194 Å². The molecule has 5 amide bonds. The maximum absolute atomic E-state index is 17.1. The molecular formula is C63H81F2N9O9. The largest absolute Gasteiger partial charge is 0.444 e. The zero-order valence-corrected chi connectivity index (χ0v) is 48.4. The van der Waals surface area contributed by atoms with Gasteiger partial charge in [0.05, 0.1) is 48.0 Å². The van der Waals surface area contributed by atoms with Gasteiger partial charge in [-0.1, -0.05) is 61.7 Å². The molecule has 6 heterocycles. The molecule has 7 aliphatic rings. The second kappa shape index (κ2) is 25.1. The van der Waals surface area contributed by atoms with Crippen molar-refractivity contribution in [2.24, 2.45) is 5.92 Å². The molecule has 0 radical (unpaired) electrons. The van der Waals surface area contributed by atoms with Crippen molar-refractivity contribution in [3.63, 3.8) is 0 Å². The SMILES string of the molecule is CC(C)(C)OC(=O)N(CC(=O)N1CCCC(c2cccc(C3(N[C@@H](C(=O)N4CCC(OC5CCN(CC(=O)N6CCN(C(=O)c7cc(Cc8n[nH]c(=O)c9ccccc89)ccc7F)CC6)CC5)CC4)C4CCCCC4)CO3)c2F)C1)C1CC1. The Labute approximate surface area is 484 Å². The third kappa shape index (κ3) is 13.8. The number of carbonyl (C=O) groups is 5. The Balaban J connectivity index is 0.633. The van der Waals surface area contributed by atoms with E-state index in [4.69, 9.17) is 14.2 Å². The van der Waals surface area contributed by atoms with Gasteiger partial charge >= 0.3 is 6.09 Å². The number of nitrogens with one attached hydrogen (secondary N) is 2. The first-order valence-corrected chi connectivity index (χ1v) is 30.5. The van der Waals surface area contributed by atoms with E-state index in [2.05, 4.69) is 20.4 Å². The Morgan fingerprint density at radius 3 is 2.13 bits per heavy atom. The van der Waals surface area contributed by atoms with E-state index in [1.165, 1.54) is 6.07 Å². The number of nitrogens with zero attached hydrogens (tertiary/aromatic N) is 7. The van der Waals surface area contributed by atoms with Crippen LogP contribution in [0.25, 0.3) is 10.8 Å². The minimum absolute atomic E-state index is 0.00268.